The monoisotopic (exact) mass is 402 g/mol. The number of aryl methyl sites for hydroxylation is 1. The first-order valence-electron chi connectivity index (χ1n) is 8.75. The highest BCUT2D eigenvalue weighted by Crippen LogP contribution is 2.29. The first-order valence-corrected chi connectivity index (χ1v) is 10.6. The van der Waals surface area contributed by atoms with Crippen LogP contribution < -0.4 is 10.1 Å². The Morgan fingerprint density at radius 2 is 1.64 bits per heavy atom. The number of carbonyl (C=O) groups excluding carboxylic acids is 2. The van der Waals surface area contributed by atoms with Gasteiger partial charge >= 0.3 is 6.03 Å². The Morgan fingerprint density at radius 1 is 1.04 bits per heavy atom. The first kappa shape index (κ1) is 19.9. The number of amides is 3. The number of hydrogen-bond donors (Lipinski definition) is 1. The third-order valence-corrected chi connectivity index (χ3v) is 5.87. The van der Waals surface area contributed by atoms with E-state index in [2.05, 4.69) is 5.32 Å². The molecular weight excluding hydrogens is 380 g/mol. The molecule has 8 heteroatoms. The summed E-state index contributed by atoms with van der Waals surface area (Å²) in [4.78, 5) is 26.5. The van der Waals surface area contributed by atoms with Gasteiger partial charge in [0.25, 0.3) is 5.91 Å². The maximum absolute atomic E-state index is 12.9. The fraction of sp³-hybridized carbons (Fsp3) is 0.300. The molecule has 0 saturated carbocycles. The van der Waals surface area contributed by atoms with E-state index in [1.807, 2.05) is 31.2 Å². The lowest BCUT2D eigenvalue weighted by molar-refractivity contribution is -0.131. The summed E-state index contributed by atoms with van der Waals surface area (Å²) in [6.45, 7) is 3.85. The van der Waals surface area contributed by atoms with E-state index in [0.717, 1.165) is 16.7 Å². The topological polar surface area (TPSA) is 92.8 Å². The van der Waals surface area contributed by atoms with Gasteiger partial charge in [-0.1, -0.05) is 29.8 Å². The van der Waals surface area contributed by atoms with E-state index in [9.17, 15) is 18.0 Å². The zero-order valence-corrected chi connectivity index (χ0v) is 16.7. The van der Waals surface area contributed by atoms with Crippen molar-refractivity contribution in [3.05, 3.63) is 59.7 Å². The smallest absolute Gasteiger partial charge is 0.325 e. The maximum Gasteiger partial charge on any atom is 0.325 e. The summed E-state index contributed by atoms with van der Waals surface area (Å²) in [7, 11) is -3.34. The van der Waals surface area contributed by atoms with Gasteiger partial charge in [0.05, 0.1) is 11.4 Å². The van der Waals surface area contributed by atoms with Gasteiger partial charge < -0.3 is 10.1 Å². The molecule has 0 aromatic heterocycles. The molecule has 0 aliphatic carbocycles. The summed E-state index contributed by atoms with van der Waals surface area (Å²) in [6.07, 6.45) is 1.11. The van der Waals surface area contributed by atoms with Crippen LogP contribution in [0.5, 0.6) is 5.75 Å². The van der Waals surface area contributed by atoms with Crippen LogP contribution in [0.25, 0.3) is 0 Å². The summed E-state index contributed by atoms with van der Waals surface area (Å²) in [6, 6.07) is 12.9. The number of hydrogen-bond acceptors (Lipinski definition) is 5. The van der Waals surface area contributed by atoms with Crippen LogP contribution in [0.2, 0.25) is 0 Å². The third kappa shape index (κ3) is 3.87. The Morgan fingerprint density at radius 3 is 2.21 bits per heavy atom. The van der Waals surface area contributed by atoms with Crippen molar-refractivity contribution in [2.45, 2.75) is 24.3 Å². The summed E-state index contributed by atoms with van der Waals surface area (Å²) >= 11 is 0. The van der Waals surface area contributed by atoms with E-state index in [1.54, 1.807) is 19.1 Å². The molecule has 148 valence electrons. The molecule has 1 saturated heterocycles. The van der Waals surface area contributed by atoms with Gasteiger partial charge in [0.15, 0.2) is 9.84 Å². The predicted molar refractivity (Wildman–Crippen MR) is 104 cm³/mol. The average molecular weight is 402 g/mol. The summed E-state index contributed by atoms with van der Waals surface area (Å²) in [5, 5.41) is 2.69. The van der Waals surface area contributed by atoms with Gasteiger partial charge in [-0.05, 0) is 43.7 Å². The van der Waals surface area contributed by atoms with Gasteiger partial charge in [0.1, 0.15) is 17.9 Å². The fourth-order valence-electron chi connectivity index (χ4n) is 3.02. The van der Waals surface area contributed by atoms with Crippen molar-refractivity contribution in [3.63, 3.8) is 0 Å². The van der Waals surface area contributed by atoms with Crippen LogP contribution in [-0.2, 0) is 20.2 Å². The van der Waals surface area contributed by atoms with Crippen LogP contribution in [0.15, 0.2) is 53.4 Å². The highest BCUT2D eigenvalue weighted by Gasteiger charge is 2.48. The van der Waals surface area contributed by atoms with Crippen LogP contribution in [0.3, 0.4) is 0 Å². The Hall–Kier alpha value is -2.87. The quantitative estimate of drug-likeness (QED) is 0.748. The Labute approximate surface area is 164 Å². The molecule has 2 aromatic carbocycles. The van der Waals surface area contributed by atoms with Gasteiger partial charge in [-0.15, -0.1) is 0 Å². The Balaban J connectivity index is 1.70. The van der Waals surface area contributed by atoms with Gasteiger partial charge in [0.2, 0.25) is 0 Å². The highest BCUT2D eigenvalue weighted by atomic mass is 32.2. The molecule has 1 heterocycles. The molecule has 7 nitrogen and oxygen atoms in total. The molecule has 1 atom stereocenters. The predicted octanol–water partition coefficient (Wildman–Crippen LogP) is 2.24. The standard InChI is InChI=1S/C20H22N2O5S/c1-14-4-8-16(9-5-14)27-13-12-22-18(23)20(2,21-19(22)24)15-6-10-17(11-7-15)28(3,25)26/h4-11H,12-13H2,1-3H3,(H,21,24)/t20-/m0/s1. The van der Waals surface area contributed by atoms with Crippen molar-refractivity contribution >= 4 is 21.8 Å². The number of urea groups is 1. The molecule has 1 fully saturated rings. The number of carbonyl (C=O) groups is 2. The number of nitrogens with zero attached hydrogens (tertiary/aromatic N) is 1. The minimum atomic E-state index is -3.34. The van der Waals surface area contributed by atoms with Crippen molar-refractivity contribution in [3.8, 4) is 5.75 Å². The van der Waals surface area contributed by atoms with Crippen LogP contribution in [-0.4, -0.2) is 44.7 Å². The molecular formula is C20H22N2O5S. The van der Waals surface area contributed by atoms with Crippen molar-refractivity contribution in [1.82, 2.24) is 10.2 Å². The van der Waals surface area contributed by atoms with Crippen LogP contribution in [0, 0.1) is 6.92 Å². The number of nitrogens with one attached hydrogen (secondary N) is 1. The van der Waals surface area contributed by atoms with Gasteiger partial charge in [-0.2, -0.15) is 0 Å². The Bertz CT molecular complexity index is 1000. The fourth-order valence-corrected chi connectivity index (χ4v) is 3.65. The highest BCUT2D eigenvalue weighted by molar-refractivity contribution is 7.90. The zero-order chi connectivity index (χ0) is 20.5. The molecule has 1 N–H and O–H groups in total. The maximum atomic E-state index is 12.9. The molecule has 3 amide bonds. The van der Waals surface area contributed by atoms with Crippen molar-refractivity contribution in [1.29, 1.82) is 0 Å². The van der Waals surface area contributed by atoms with E-state index in [1.165, 1.54) is 12.1 Å². The summed E-state index contributed by atoms with van der Waals surface area (Å²) in [5.74, 6) is 0.258. The molecule has 2 aromatic rings. The molecule has 0 bridgehead atoms. The van der Waals surface area contributed by atoms with E-state index < -0.39 is 27.3 Å². The number of ether oxygens (including phenoxy) is 1. The number of rotatable bonds is 6. The van der Waals surface area contributed by atoms with Crippen molar-refractivity contribution in [2.75, 3.05) is 19.4 Å². The van der Waals surface area contributed by atoms with Crippen LogP contribution in [0.1, 0.15) is 18.1 Å². The molecule has 0 spiro atoms. The molecule has 28 heavy (non-hydrogen) atoms. The molecule has 0 radical (unpaired) electrons. The van der Waals surface area contributed by atoms with E-state index >= 15 is 0 Å². The zero-order valence-electron chi connectivity index (χ0n) is 15.9. The SMILES string of the molecule is Cc1ccc(OCCN2C(=O)N[C@@](C)(c3ccc(S(C)(=O)=O)cc3)C2=O)cc1. The lowest BCUT2D eigenvalue weighted by Crippen LogP contribution is -2.41. The average Bonchev–Trinajstić information content (AvgIpc) is 2.86. The van der Waals surface area contributed by atoms with Crippen LogP contribution in [0.4, 0.5) is 4.79 Å². The minimum Gasteiger partial charge on any atom is -0.492 e. The molecule has 0 unspecified atom stereocenters. The van der Waals surface area contributed by atoms with Gasteiger partial charge in [0, 0.05) is 6.26 Å². The second-order valence-corrected chi connectivity index (χ2v) is 8.99. The van der Waals surface area contributed by atoms with Crippen molar-refractivity contribution in [2.24, 2.45) is 0 Å². The molecule has 3 rings (SSSR count). The first-order chi connectivity index (χ1) is 13.1. The van der Waals surface area contributed by atoms with Gasteiger partial charge in [-0.25, -0.2) is 13.2 Å². The normalized spacial score (nSPS) is 19.6. The number of imide groups is 1. The van der Waals surface area contributed by atoms with Gasteiger partial charge in [-0.3, -0.25) is 9.69 Å². The summed E-state index contributed by atoms with van der Waals surface area (Å²) < 4.78 is 28.8. The van der Waals surface area contributed by atoms with E-state index in [-0.39, 0.29) is 18.0 Å². The third-order valence-electron chi connectivity index (χ3n) is 4.74. The minimum absolute atomic E-state index is 0.107. The largest absolute Gasteiger partial charge is 0.492 e. The van der Waals surface area contributed by atoms with Crippen LogP contribution >= 0.6 is 0 Å². The van der Waals surface area contributed by atoms with E-state index in [0.29, 0.717) is 11.3 Å². The number of sulfone groups is 1. The molecule has 1 aliphatic rings. The van der Waals surface area contributed by atoms with E-state index in [4.69, 9.17) is 4.74 Å². The molecule has 1 aliphatic heterocycles. The van der Waals surface area contributed by atoms with Crippen molar-refractivity contribution < 1.29 is 22.7 Å². The number of benzene rings is 2. The second kappa shape index (κ2) is 7.27. The lowest BCUT2D eigenvalue weighted by Gasteiger charge is -2.22. The Kier molecular flexibility index (Phi) is 5.16. The summed E-state index contributed by atoms with van der Waals surface area (Å²) in [5.41, 5.74) is 0.371. The lowest BCUT2D eigenvalue weighted by atomic mass is 9.92. The second-order valence-electron chi connectivity index (χ2n) is 6.97.